The number of rotatable bonds is 7. The molecule has 0 fully saturated rings. The van der Waals surface area contributed by atoms with Crippen LogP contribution in [0.2, 0.25) is 0 Å². The molecule has 23 heavy (non-hydrogen) atoms. The van der Waals surface area contributed by atoms with Crippen LogP contribution in [0.3, 0.4) is 0 Å². The zero-order chi connectivity index (χ0) is 16.5. The Labute approximate surface area is 140 Å². The van der Waals surface area contributed by atoms with Crippen molar-refractivity contribution in [1.82, 2.24) is 10.6 Å². The maximum atomic E-state index is 11.8. The van der Waals surface area contributed by atoms with Gasteiger partial charge in [0.2, 0.25) is 5.91 Å². The first kappa shape index (κ1) is 17.0. The molecule has 3 N–H and O–H groups in total. The summed E-state index contributed by atoms with van der Waals surface area (Å²) in [7, 11) is 0. The third kappa shape index (κ3) is 6.12. The Balaban J connectivity index is 1.78. The Kier molecular flexibility index (Phi) is 6.62. The predicted molar refractivity (Wildman–Crippen MR) is 93.4 cm³/mol. The van der Waals surface area contributed by atoms with E-state index in [0.29, 0.717) is 19.5 Å². The van der Waals surface area contributed by atoms with Crippen molar-refractivity contribution >= 4 is 29.0 Å². The van der Waals surface area contributed by atoms with Crippen LogP contribution in [0.4, 0.5) is 10.5 Å². The number of anilines is 1. The molecule has 0 spiro atoms. The number of amides is 3. The lowest BCUT2D eigenvalue weighted by Gasteiger charge is -2.09. The summed E-state index contributed by atoms with van der Waals surface area (Å²) >= 11 is 1.61. The monoisotopic (exact) mass is 331 g/mol. The van der Waals surface area contributed by atoms with Crippen molar-refractivity contribution in [2.45, 2.75) is 32.9 Å². The molecule has 0 aliphatic heterocycles. The molecule has 0 saturated carbocycles. The molecule has 0 radical (unpaired) electrons. The first-order valence-corrected chi connectivity index (χ1v) is 8.48. The molecule has 2 aromatic rings. The van der Waals surface area contributed by atoms with Gasteiger partial charge in [-0.25, -0.2) is 4.79 Å². The van der Waals surface area contributed by atoms with Crippen LogP contribution in [0.1, 0.15) is 30.2 Å². The number of hydrogen-bond acceptors (Lipinski definition) is 3. The number of carbonyl (C=O) groups excluding carboxylic acids is 2. The van der Waals surface area contributed by atoms with Gasteiger partial charge in [-0.15, -0.1) is 11.3 Å². The second kappa shape index (κ2) is 8.95. The van der Waals surface area contributed by atoms with Crippen molar-refractivity contribution in [3.63, 3.8) is 0 Å². The summed E-state index contributed by atoms with van der Waals surface area (Å²) in [6, 6.07) is 11.2. The fourth-order valence-electron chi connectivity index (χ4n) is 2.03. The average Bonchev–Trinajstić information content (AvgIpc) is 3.05. The van der Waals surface area contributed by atoms with Crippen LogP contribution < -0.4 is 16.0 Å². The molecule has 0 unspecified atom stereocenters. The number of carbonyl (C=O) groups is 2. The summed E-state index contributed by atoms with van der Waals surface area (Å²) < 4.78 is 0. The maximum Gasteiger partial charge on any atom is 0.315 e. The predicted octanol–water partition coefficient (Wildman–Crippen LogP) is 3.49. The van der Waals surface area contributed by atoms with Crippen molar-refractivity contribution in [3.05, 3.63) is 52.2 Å². The molecule has 2 rings (SSSR count). The van der Waals surface area contributed by atoms with E-state index in [-0.39, 0.29) is 11.9 Å². The van der Waals surface area contributed by atoms with E-state index in [4.69, 9.17) is 0 Å². The summed E-state index contributed by atoms with van der Waals surface area (Å²) in [5.41, 5.74) is 1.69. The summed E-state index contributed by atoms with van der Waals surface area (Å²) in [5.74, 6) is 0.00583. The molecule has 3 amide bonds. The molecular weight excluding hydrogens is 310 g/mol. The fraction of sp³-hybridized carbons (Fsp3) is 0.294. The largest absolute Gasteiger partial charge is 0.334 e. The summed E-state index contributed by atoms with van der Waals surface area (Å²) in [5, 5.41) is 10.4. The average molecular weight is 331 g/mol. The highest BCUT2D eigenvalue weighted by Gasteiger charge is 2.04. The minimum Gasteiger partial charge on any atom is -0.334 e. The van der Waals surface area contributed by atoms with Crippen LogP contribution in [0.25, 0.3) is 0 Å². The molecule has 5 nitrogen and oxygen atoms in total. The molecule has 1 aromatic heterocycles. The maximum absolute atomic E-state index is 11.8. The standard InChI is InChI=1S/C17H21N3O2S/c1-2-5-16(21)20-14-7-3-6-13(10-14)11-18-17(22)19-12-15-8-4-9-23-15/h3-4,6-10H,2,5,11-12H2,1H3,(H,20,21)(H2,18,19,22). The lowest BCUT2D eigenvalue weighted by molar-refractivity contribution is -0.116. The second-order valence-corrected chi connectivity index (χ2v) is 6.15. The second-order valence-electron chi connectivity index (χ2n) is 5.11. The van der Waals surface area contributed by atoms with Gasteiger partial charge in [-0.3, -0.25) is 4.79 Å². The van der Waals surface area contributed by atoms with E-state index in [9.17, 15) is 9.59 Å². The van der Waals surface area contributed by atoms with Gasteiger partial charge in [-0.05, 0) is 35.6 Å². The van der Waals surface area contributed by atoms with E-state index < -0.39 is 0 Å². The molecule has 0 saturated heterocycles. The zero-order valence-corrected chi connectivity index (χ0v) is 13.9. The van der Waals surface area contributed by atoms with Gasteiger partial charge in [-0.1, -0.05) is 25.1 Å². The van der Waals surface area contributed by atoms with Crippen LogP contribution in [0, 0.1) is 0 Å². The van der Waals surface area contributed by atoms with Gasteiger partial charge in [0.05, 0.1) is 6.54 Å². The number of benzene rings is 1. The van der Waals surface area contributed by atoms with Gasteiger partial charge in [0.1, 0.15) is 0 Å². The van der Waals surface area contributed by atoms with E-state index in [1.54, 1.807) is 11.3 Å². The van der Waals surface area contributed by atoms with Gasteiger partial charge in [0, 0.05) is 23.5 Å². The Hall–Kier alpha value is -2.34. The van der Waals surface area contributed by atoms with Crippen LogP contribution in [0.15, 0.2) is 41.8 Å². The third-order valence-electron chi connectivity index (χ3n) is 3.14. The number of hydrogen-bond donors (Lipinski definition) is 3. The van der Waals surface area contributed by atoms with Crippen LogP contribution in [-0.2, 0) is 17.9 Å². The molecule has 6 heteroatoms. The quantitative estimate of drug-likeness (QED) is 0.727. The SMILES string of the molecule is CCCC(=O)Nc1cccc(CNC(=O)NCc2cccs2)c1. The molecule has 1 heterocycles. The summed E-state index contributed by atoms with van der Waals surface area (Å²) in [6.07, 6.45) is 1.32. The Morgan fingerprint density at radius 2 is 1.91 bits per heavy atom. The number of urea groups is 1. The third-order valence-corrected chi connectivity index (χ3v) is 4.02. The molecule has 0 bridgehead atoms. The minimum atomic E-state index is -0.209. The Morgan fingerprint density at radius 1 is 1.09 bits per heavy atom. The van der Waals surface area contributed by atoms with E-state index in [1.165, 1.54) is 0 Å². The molecular formula is C17H21N3O2S. The normalized spacial score (nSPS) is 10.1. The van der Waals surface area contributed by atoms with Crippen molar-refractivity contribution in [1.29, 1.82) is 0 Å². The van der Waals surface area contributed by atoms with E-state index in [2.05, 4.69) is 16.0 Å². The fourth-order valence-corrected chi connectivity index (χ4v) is 2.68. The zero-order valence-electron chi connectivity index (χ0n) is 13.1. The summed E-state index contributed by atoms with van der Waals surface area (Å²) in [6.45, 7) is 2.90. The van der Waals surface area contributed by atoms with Crippen molar-refractivity contribution in [3.8, 4) is 0 Å². The highest BCUT2D eigenvalue weighted by molar-refractivity contribution is 7.09. The molecule has 0 aliphatic rings. The highest BCUT2D eigenvalue weighted by atomic mass is 32.1. The molecule has 122 valence electrons. The Bertz CT molecular complexity index is 641. The topological polar surface area (TPSA) is 70.2 Å². The van der Waals surface area contributed by atoms with Crippen LogP contribution >= 0.6 is 11.3 Å². The smallest absolute Gasteiger partial charge is 0.315 e. The van der Waals surface area contributed by atoms with Gasteiger partial charge >= 0.3 is 6.03 Å². The lowest BCUT2D eigenvalue weighted by atomic mass is 10.2. The molecule has 0 atom stereocenters. The minimum absolute atomic E-state index is 0.00583. The van der Waals surface area contributed by atoms with Crippen molar-refractivity contribution < 1.29 is 9.59 Å². The molecule has 0 aliphatic carbocycles. The van der Waals surface area contributed by atoms with Gasteiger partial charge in [0.25, 0.3) is 0 Å². The first-order chi connectivity index (χ1) is 11.2. The van der Waals surface area contributed by atoms with E-state index >= 15 is 0 Å². The lowest BCUT2D eigenvalue weighted by Crippen LogP contribution is -2.34. The highest BCUT2D eigenvalue weighted by Crippen LogP contribution is 2.11. The number of nitrogens with one attached hydrogen (secondary N) is 3. The number of thiophene rings is 1. The van der Waals surface area contributed by atoms with Crippen molar-refractivity contribution in [2.24, 2.45) is 0 Å². The van der Waals surface area contributed by atoms with Crippen LogP contribution in [-0.4, -0.2) is 11.9 Å². The van der Waals surface area contributed by atoms with E-state index in [0.717, 1.165) is 22.5 Å². The Morgan fingerprint density at radius 3 is 2.65 bits per heavy atom. The van der Waals surface area contributed by atoms with E-state index in [1.807, 2.05) is 48.7 Å². The van der Waals surface area contributed by atoms with Gasteiger partial charge < -0.3 is 16.0 Å². The van der Waals surface area contributed by atoms with Crippen LogP contribution in [0.5, 0.6) is 0 Å². The first-order valence-electron chi connectivity index (χ1n) is 7.60. The van der Waals surface area contributed by atoms with Crippen molar-refractivity contribution in [2.75, 3.05) is 5.32 Å². The summed E-state index contributed by atoms with van der Waals surface area (Å²) in [4.78, 5) is 24.5. The van der Waals surface area contributed by atoms with Gasteiger partial charge in [-0.2, -0.15) is 0 Å². The van der Waals surface area contributed by atoms with Gasteiger partial charge in [0.15, 0.2) is 0 Å². The molecule has 1 aromatic carbocycles.